The van der Waals surface area contributed by atoms with Crippen molar-refractivity contribution in [1.82, 2.24) is 9.13 Å². The van der Waals surface area contributed by atoms with Crippen LogP contribution in [0.25, 0.3) is 49.7 Å². The van der Waals surface area contributed by atoms with Crippen molar-refractivity contribution >= 4 is 44.0 Å². The maximum atomic E-state index is 6.31. The van der Waals surface area contributed by atoms with Crippen LogP contribution >= 0.6 is 0 Å². The Morgan fingerprint density at radius 3 is 2.26 bits per heavy atom. The maximum Gasteiger partial charge on any atom is 0.210 e. The zero-order valence-corrected chi connectivity index (χ0v) is 15.0. The molecule has 27 heavy (non-hydrogen) atoms. The molecule has 3 heterocycles. The van der Waals surface area contributed by atoms with Crippen LogP contribution in [0, 0.1) is 0 Å². The Kier molecular flexibility index (Phi) is 2.87. The number of hydrogen-bond acceptors (Lipinski definition) is 1. The first kappa shape index (κ1) is 14.7. The van der Waals surface area contributed by atoms with Gasteiger partial charge in [-0.3, -0.25) is 0 Å². The summed E-state index contributed by atoms with van der Waals surface area (Å²) in [6, 6.07) is 27.6. The predicted molar refractivity (Wildman–Crippen MR) is 112 cm³/mol. The number of benzene rings is 3. The molecule has 0 atom stereocenters. The molecule has 0 saturated carbocycles. The van der Waals surface area contributed by atoms with Gasteiger partial charge in [-0.25, -0.2) is 0 Å². The third-order valence-electron chi connectivity index (χ3n) is 5.51. The molecule has 3 aromatic heterocycles. The SMILES string of the molecule is CCn1c2oc3ccccc3c2c2c1c1ccccc1n2-c1ccccc1. The standard InChI is InChI=1S/C24H18N2O/c1-2-25-22-17-12-6-8-14-19(17)26(16-10-4-3-5-11-16)23(22)21-18-13-7-9-15-20(18)27-24(21)25/h3-15H,2H2,1H3. The number of nitrogens with zero attached hydrogens (tertiary/aromatic N) is 2. The van der Waals surface area contributed by atoms with Gasteiger partial charge in [0.2, 0.25) is 5.71 Å². The molecule has 0 aliphatic heterocycles. The van der Waals surface area contributed by atoms with Gasteiger partial charge in [0.05, 0.1) is 21.9 Å². The van der Waals surface area contributed by atoms with E-state index in [1.54, 1.807) is 0 Å². The van der Waals surface area contributed by atoms with Crippen molar-refractivity contribution in [3.05, 3.63) is 78.9 Å². The lowest BCUT2D eigenvalue weighted by Crippen LogP contribution is -1.92. The molecule has 0 unspecified atom stereocenters. The van der Waals surface area contributed by atoms with E-state index in [1.807, 2.05) is 6.07 Å². The molecule has 0 radical (unpaired) electrons. The molecule has 0 fully saturated rings. The van der Waals surface area contributed by atoms with E-state index in [2.05, 4.69) is 88.9 Å². The monoisotopic (exact) mass is 350 g/mol. The van der Waals surface area contributed by atoms with Crippen molar-refractivity contribution in [3.63, 3.8) is 0 Å². The lowest BCUT2D eigenvalue weighted by atomic mass is 10.2. The summed E-state index contributed by atoms with van der Waals surface area (Å²) in [7, 11) is 0. The molecule has 6 rings (SSSR count). The number of aromatic nitrogens is 2. The maximum absolute atomic E-state index is 6.31. The molecule has 0 aliphatic rings. The Balaban J connectivity index is 1.97. The summed E-state index contributed by atoms with van der Waals surface area (Å²) >= 11 is 0. The first-order chi connectivity index (χ1) is 13.4. The van der Waals surface area contributed by atoms with E-state index < -0.39 is 0 Å². The Morgan fingerprint density at radius 2 is 1.44 bits per heavy atom. The van der Waals surface area contributed by atoms with Crippen molar-refractivity contribution in [2.75, 3.05) is 0 Å². The normalized spacial score (nSPS) is 12.0. The summed E-state index contributed by atoms with van der Waals surface area (Å²) in [5, 5.41) is 3.63. The molecule has 0 aliphatic carbocycles. The third kappa shape index (κ3) is 1.81. The van der Waals surface area contributed by atoms with E-state index in [-0.39, 0.29) is 0 Å². The number of rotatable bonds is 2. The molecule has 0 bridgehead atoms. The molecule has 0 spiro atoms. The highest BCUT2D eigenvalue weighted by Crippen LogP contribution is 2.42. The highest BCUT2D eigenvalue weighted by molar-refractivity contribution is 6.25. The van der Waals surface area contributed by atoms with Gasteiger partial charge in [-0.15, -0.1) is 0 Å². The molecule has 3 aromatic carbocycles. The average molecular weight is 350 g/mol. The Hall–Kier alpha value is -3.46. The summed E-state index contributed by atoms with van der Waals surface area (Å²) in [6.07, 6.45) is 0. The van der Waals surface area contributed by atoms with Crippen molar-refractivity contribution in [1.29, 1.82) is 0 Å². The molecule has 0 N–H and O–H groups in total. The van der Waals surface area contributed by atoms with E-state index in [1.165, 1.54) is 38.4 Å². The second kappa shape index (κ2) is 5.27. The quantitative estimate of drug-likeness (QED) is 0.349. The number of furan rings is 1. The lowest BCUT2D eigenvalue weighted by Gasteiger charge is -2.06. The highest BCUT2D eigenvalue weighted by Gasteiger charge is 2.24. The van der Waals surface area contributed by atoms with Gasteiger partial charge < -0.3 is 13.6 Å². The second-order valence-corrected chi connectivity index (χ2v) is 6.91. The van der Waals surface area contributed by atoms with Crippen molar-refractivity contribution in [2.45, 2.75) is 13.5 Å². The molecule has 3 heteroatoms. The average Bonchev–Trinajstić information content (AvgIpc) is 3.34. The number of aryl methyl sites for hydroxylation is 1. The van der Waals surface area contributed by atoms with Crippen LogP contribution in [-0.4, -0.2) is 9.13 Å². The van der Waals surface area contributed by atoms with E-state index in [9.17, 15) is 0 Å². The summed E-state index contributed by atoms with van der Waals surface area (Å²) in [5.74, 6) is 0. The minimum Gasteiger partial charge on any atom is -0.439 e. The van der Waals surface area contributed by atoms with Crippen molar-refractivity contribution in [3.8, 4) is 5.69 Å². The highest BCUT2D eigenvalue weighted by atomic mass is 16.3. The molecule has 0 saturated heterocycles. The Bertz CT molecular complexity index is 1450. The van der Waals surface area contributed by atoms with Crippen LogP contribution in [0.2, 0.25) is 0 Å². The smallest absolute Gasteiger partial charge is 0.210 e. The van der Waals surface area contributed by atoms with Crippen molar-refractivity contribution < 1.29 is 4.42 Å². The molecule has 3 nitrogen and oxygen atoms in total. The fraction of sp³-hybridized carbons (Fsp3) is 0.0833. The zero-order valence-electron chi connectivity index (χ0n) is 15.0. The Morgan fingerprint density at radius 1 is 0.741 bits per heavy atom. The molecule has 130 valence electrons. The van der Waals surface area contributed by atoms with E-state index in [0.717, 1.165) is 17.8 Å². The summed E-state index contributed by atoms with van der Waals surface area (Å²) in [5.41, 5.74) is 6.77. The third-order valence-corrected chi connectivity index (χ3v) is 5.51. The molecule has 6 aromatic rings. The van der Waals surface area contributed by atoms with Gasteiger partial charge in [0.15, 0.2) is 0 Å². The van der Waals surface area contributed by atoms with Gasteiger partial charge >= 0.3 is 0 Å². The fourth-order valence-corrected chi connectivity index (χ4v) is 4.43. The molecule has 0 amide bonds. The van der Waals surface area contributed by atoms with E-state index in [0.29, 0.717) is 0 Å². The molecular formula is C24H18N2O. The first-order valence-corrected chi connectivity index (χ1v) is 9.37. The summed E-state index contributed by atoms with van der Waals surface area (Å²) < 4.78 is 11.0. The van der Waals surface area contributed by atoms with Crippen LogP contribution in [0.3, 0.4) is 0 Å². The van der Waals surface area contributed by atoms with Gasteiger partial charge in [-0.1, -0.05) is 54.6 Å². The number of hydrogen-bond donors (Lipinski definition) is 0. The van der Waals surface area contributed by atoms with Crippen LogP contribution in [-0.2, 0) is 6.54 Å². The minimum absolute atomic E-state index is 0.864. The van der Waals surface area contributed by atoms with Crippen LogP contribution in [0.4, 0.5) is 0 Å². The minimum atomic E-state index is 0.864. The van der Waals surface area contributed by atoms with Crippen LogP contribution < -0.4 is 0 Å². The van der Waals surface area contributed by atoms with Crippen LogP contribution in [0.5, 0.6) is 0 Å². The van der Waals surface area contributed by atoms with Gasteiger partial charge in [0, 0.05) is 23.0 Å². The predicted octanol–water partition coefficient (Wildman–Crippen LogP) is 6.50. The zero-order chi connectivity index (χ0) is 18.0. The van der Waals surface area contributed by atoms with Crippen molar-refractivity contribution in [2.24, 2.45) is 0 Å². The van der Waals surface area contributed by atoms with Crippen LogP contribution in [0.1, 0.15) is 6.92 Å². The number of fused-ring (bicyclic) bond motifs is 7. The van der Waals surface area contributed by atoms with Gasteiger partial charge in [0.1, 0.15) is 5.58 Å². The topological polar surface area (TPSA) is 23.0 Å². The summed E-state index contributed by atoms with van der Waals surface area (Å²) in [6.45, 7) is 3.04. The fourth-order valence-electron chi connectivity index (χ4n) is 4.43. The molecular weight excluding hydrogens is 332 g/mol. The van der Waals surface area contributed by atoms with Gasteiger partial charge in [-0.2, -0.15) is 0 Å². The Labute approximate surface area is 156 Å². The first-order valence-electron chi connectivity index (χ1n) is 9.37. The second-order valence-electron chi connectivity index (χ2n) is 6.91. The summed E-state index contributed by atoms with van der Waals surface area (Å²) in [4.78, 5) is 0. The van der Waals surface area contributed by atoms with E-state index >= 15 is 0 Å². The number of para-hydroxylation sites is 3. The van der Waals surface area contributed by atoms with Crippen LogP contribution in [0.15, 0.2) is 83.3 Å². The van der Waals surface area contributed by atoms with Gasteiger partial charge in [-0.05, 0) is 31.2 Å². The van der Waals surface area contributed by atoms with E-state index in [4.69, 9.17) is 4.42 Å². The van der Waals surface area contributed by atoms with Gasteiger partial charge in [0.25, 0.3) is 0 Å². The largest absolute Gasteiger partial charge is 0.439 e. The lowest BCUT2D eigenvalue weighted by molar-refractivity contribution is 0.618.